The van der Waals surface area contributed by atoms with Crippen LogP contribution in [-0.2, 0) is 4.79 Å². The number of amides is 1. The molecule has 2 aromatic rings. The molecule has 0 bridgehead atoms. The molecule has 1 fully saturated rings. The van der Waals surface area contributed by atoms with Crippen molar-refractivity contribution in [3.63, 3.8) is 0 Å². The predicted octanol–water partition coefficient (Wildman–Crippen LogP) is 2.42. The molecule has 1 aliphatic rings. The zero-order valence-corrected chi connectivity index (χ0v) is 12.4. The number of halogens is 1. The van der Waals surface area contributed by atoms with E-state index in [4.69, 9.17) is 11.6 Å². The summed E-state index contributed by atoms with van der Waals surface area (Å²) in [5.41, 5.74) is 2.32. The van der Waals surface area contributed by atoms with Gasteiger partial charge in [-0.25, -0.2) is 4.98 Å². The number of aromatic amines is 1. The first-order chi connectivity index (χ1) is 10.3. The molecule has 3 rings (SSSR count). The maximum Gasteiger partial charge on any atom is 0.237 e. The molecular formula is C15H17ClN4O. The van der Waals surface area contributed by atoms with Crippen LogP contribution in [0.5, 0.6) is 0 Å². The second-order valence-corrected chi connectivity index (χ2v) is 5.50. The molecule has 1 aromatic heterocycles. The van der Waals surface area contributed by atoms with E-state index in [0.717, 1.165) is 31.5 Å². The topological polar surface area (TPSA) is 61.9 Å². The maximum absolute atomic E-state index is 11.6. The Morgan fingerprint density at radius 1 is 1.29 bits per heavy atom. The first-order valence-electron chi connectivity index (χ1n) is 7.08. The number of carbonyl (C=O) groups is 1. The minimum atomic E-state index is 0.0371. The monoisotopic (exact) mass is 304 g/mol. The van der Waals surface area contributed by atoms with Crippen LogP contribution in [0.25, 0.3) is 11.4 Å². The third-order valence-electron chi connectivity index (χ3n) is 4.02. The highest BCUT2D eigenvalue weighted by atomic mass is 35.5. The van der Waals surface area contributed by atoms with E-state index in [9.17, 15) is 4.79 Å². The van der Waals surface area contributed by atoms with Gasteiger partial charge < -0.3 is 4.90 Å². The minimum Gasteiger partial charge on any atom is -0.342 e. The molecule has 6 heteroatoms. The van der Waals surface area contributed by atoms with Gasteiger partial charge in [0.25, 0.3) is 0 Å². The lowest BCUT2D eigenvalue weighted by molar-refractivity contribution is -0.129. The Balaban J connectivity index is 1.65. The number of aromatic nitrogens is 3. The van der Waals surface area contributed by atoms with E-state index < -0.39 is 0 Å². The molecule has 0 unspecified atom stereocenters. The summed E-state index contributed by atoms with van der Waals surface area (Å²) in [6, 6.07) is 8.37. The summed E-state index contributed by atoms with van der Waals surface area (Å²) in [5, 5.41) is 6.79. The maximum atomic E-state index is 11.6. The molecule has 110 valence electrons. The third kappa shape index (κ3) is 3.08. The van der Waals surface area contributed by atoms with Crippen molar-refractivity contribution in [2.45, 2.75) is 18.8 Å². The van der Waals surface area contributed by atoms with Crippen LogP contribution >= 0.6 is 11.6 Å². The molecule has 0 spiro atoms. The highest BCUT2D eigenvalue weighted by Crippen LogP contribution is 2.29. The van der Waals surface area contributed by atoms with Gasteiger partial charge in [0.05, 0.1) is 0 Å². The van der Waals surface area contributed by atoms with E-state index in [0.29, 0.717) is 11.7 Å². The van der Waals surface area contributed by atoms with Crippen molar-refractivity contribution in [1.29, 1.82) is 0 Å². The quantitative estimate of drug-likeness (QED) is 0.886. The Morgan fingerprint density at radius 3 is 2.57 bits per heavy atom. The summed E-state index contributed by atoms with van der Waals surface area (Å²) in [5.74, 6) is 1.33. The van der Waals surface area contributed by atoms with Crippen molar-refractivity contribution >= 4 is 17.5 Å². The Morgan fingerprint density at radius 2 is 2.00 bits per heavy atom. The molecule has 1 aliphatic heterocycles. The number of hydrogen-bond acceptors (Lipinski definition) is 3. The van der Waals surface area contributed by atoms with Gasteiger partial charge in [0.1, 0.15) is 12.2 Å². The standard InChI is InChI=1S/C15H17ClN4O/c16-9-14(21)20-7-5-12(6-8-20)11-1-3-13(4-2-11)15-17-10-18-19-15/h1-4,10,12H,5-9H2,(H,17,18,19). The Labute approximate surface area is 128 Å². The van der Waals surface area contributed by atoms with Crippen molar-refractivity contribution in [3.8, 4) is 11.4 Å². The second kappa shape index (κ2) is 6.26. The SMILES string of the molecule is O=C(CCl)N1CCC(c2ccc(-c3nc[nH]n3)cc2)CC1. The smallest absolute Gasteiger partial charge is 0.237 e. The Bertz CT molecular complexity index is 589. The Hall–Kier alpha value is -1.88. The molecule has 5 nitrogen and oxygen atoms in total. The summed E-state index contributed by atoms with van der Waals surface area (Å²) in [6.45, 7) is 1.58. The molecule has 1 aromatic carbocycles. The van der Waals surface area contributed by atoms with E-state index in [1.807, 2.05) is 4.90 Å². The molecule has 0 atom stereocenters. The number of H-pyrrole nitrogens is 1. The summed E-state index contributed by atoms with van der Waals surface area (Å²) >= 11 is 5.60. The van der Waals surface area contributed by atoms with Gasteiger partial charge in [0.15, 0.2) is 5.82 Å². The molecule has 1 saturated heterocycles. The second-order valence-electron chi connectivity index (χ2n) is 5.23. The average molecular weight is 305 g/mol. The number of nitrogens with zero attached hydrogens (tertiary/aromatic N) is 3. The van der Waals surface area contributed by atoms with Crippen LogP contribution in [0.2, 0.25) is 0 Å². The van der Waals surface area contributed by atoms with Gasteiger partial charge in [-0.3, -0.25) is 9.89 Å². The van der Waals surface area contributed by atoms with Crippen LogP contribution in [0, 0.1) is 0 Å². The summed E-state index contributed by atoms with van der Waals surface area (Å²) in [6.07, 6.45) is 3.55. The number of piperidine rings is 1. The van der Waals surface area contributed by atoms with E-state index in [-0.39, 0.29) is 11.8 Å². The molecule has 0 saturated carbocycles. The minimum absolute atomic E-state index is 0.0371. The van der Waals surface area contributed by atoms with E-state index in [1.54, 1.807) is 6.33 Å². The normalized spacial score (nSPS) is 16.1. The lowest BCUT2D eigenvalue weighted by atomic mass is 9.89. The number of nitrogens with one attached hydrogen (secondary N) is 1. The molecule has 2 heterocycles. The zero-order valence-electron chi connectivity index (χ0n) is 11.6. The van der Waals surface area contributed by atoms with Gasteiger partial charge >= 0.3 is 0 Å². The fourth-order valence-electron chi connectivity index (χ4n) is 2.80. The van der Waals surface area contributed by atoms with Crippen molar-refractivity contribution in [1.82, 2.24) is 20.1 Å². The van der Waals surface area contributed by atoms with Crippen molar-refractivity contribution in [3.05, 3.63) is 36.2 Å². The Kier molecular flexibility index (Phi) is 4.20. The number of carbonyl (C=O) groups excluding carboxylic acids is 1. The largest absolute Gasteiger partial charge is 0.342 e. The summed E-state index contributed by atoms with van der Waals surface area (Å²) in [7, 11) is 0. The van der Waals surface area contributed by atoms with Crippen LogP contribution in [0.3, 0.4) is 0 Å². The first-order valence-corrected chi connectivity index (χ1v) is 7.61. The van der Waals surface area contributed by atoms with Crippen molar-refractivity contribution in [2.75, 3.05) is 19.0 Å². The number of benzene rings is 1. The number of rotatable bonds is 3. The van der Waals surface area contributed by atoms with Crippen LogP contribution in [0.15, 0.2) is 30.6 Å². The van der Waals surface area contributed by atoms with Crippen molar-refractivity contribution in [2.24, 2.45) is 0 Å². The molecular weight excluding hydrogens is 288 g/mol. The third-order valence-corrected chi connectivity index (χ3v) is 4.25. The molecule has 1 amide bonds. The molecule has 1 N–H and O–H groups in total. The van der Waals surface area contributed by atoms with Crippen molar-refractivity contribution < 1.29 is 4.79 Å². The number of hydrogen-bond donors (Lipinski definition) is 1. The molecule has 0 radical (unpaired) electrons. The van der Waals surface area contributed by atoms with Crippen LogP contribution in [0.1, 0.15) is 24.3 Å². The zero-order chi connectivity index (χ0) is 14.7. The molecule has 21 heavy (non-hydrogen) atoms. The molecule has 0 aliphatic carbocycles. The lowest BCUT2D eigenvalue weighted by Gasteiger charge is -2.31. The van der Waals surface area contributed by atoms with E-state index >= 15 is 0 Å². The lowest BCUT2D eigenvalue weighted by Crippen LogP contribution is -2.38. The summed E-state index contributed by atoms with van der Waals surface area (Å²) < 4.78 is 0. The van der Waals surface area contributed by atoms with E-state index in [1.165, 1.54) is 5.56 Å². The summed E-state index contributed by atoms with van der Waals surface area (Å²) in [4.78, 5) is 17.6. The van der Waals surface area contributed by atoms with Gasteiger partial charge in [0, 0.05) is 18.7 Å². The van der Waals surface area contributed by atoms with Crippen LogP contribution < -0.4 is 0 Å². The fourth-order valence-corrected chi connectivity index (χ4v) is 2.97. The van der Waals surface area contributed by atoms with Gasteiger partial charge in [-0.15, -0.1) is 11.6 Å². The van der Waals surface area contributed by atoms with E-state index in [2.05, 4.69) is 39.4 Å². The highest BCUT2D eigenvalue weighted by molar-refractivity contribution is 6.27. The van der Waals surface area contributed by atoms with Gasteiger partial charge in [0.2, 0.25) is 5.91 Å². The van der Waals surface area contributed by atoms with Gasteiger partial charge in [-0.1, -0.05) is 24.3 Å². The predicted molar refractivity (Wildman–Crippen MR) is 81.1 cm³/mol. The first kappa shape index (κ1) is 14.1. The fraction of sp³-hybridized carbons (Fsp3) is 0.400. The number of alkyl halides is 1. The van der Waals surface area contributed by atoms with Gasteiger partial charge in [-0.2, -0.15) is 5.10 Å². The highest BCUT2D eigenvalue weighted by Gasteiger charge is 2.23. The average Bonchev–Trinajstić information content (AvgIpc) is 3.09. The number of likely N-dealkylation sites (tertiary alicyclic amines) is 1. The van der Waals surface area contributed by atoms with Crippen LogP contribution in [0.4, 0.5) is 0 Å². The van der Waals surface area contributed by atoms with Gasteiger partial charge in [-0.05, 0) is 24.3 Å². The van der Waals surface area contributed by atoms with Crippen LogP contribution in [-0.4, -0.2) is 45.0 Å².